The SMILES string of the molecule is [B]C(=O)N[C@H]1CCCCC/C=C\[C@@H]2C[C@@]2(C(=O)OC)NC(=O)[C@@H]2C[C@H](O)CN2C1=O. The van der Waals surface area contributed by atoms with Crippen molar-refractivity contribution in [1.82, 2.24) is 15.5 Å². The van der Waals surface area contributed by atoms with Gasteiger partial charge in [0, 0.05) is 18.9 Å². The second-order valence-electron chi connectivity index (χ2n) is 8.29. The summed E-state index contributed by atoms with van der Waals surface area (Å²) in [5.41, 5.74) is -1.14. The Morgan fingerprint density at radius 2 is 2.10 bits per heavy atom. The number of nitrogens with zero attached hydrogens (tertiary/aromatic N) is 1. The molecule has 10 heteroatoms. The van der Waals surface area contributed by atoms with Crippen LogP contribution in [0, 0.1) is 5.92 Å². The van der Waals surface area contributed by atoms with E-state index in [0.717, 1.165) is 19.3 Å². The third kappa shape index (κ3) is 4.69. The monoisotopic (exact) mass is 417 g/mol. The molecule has 5 atom stereocenters. The van der Waals surface area contributed by atoms with Crippen LogP contribution in [-0.4, -0.2) is 78.8 Å². The van der Waals surface area contributed by atoms with Gasteiger partial charge in [0.15, 0.2) is 5.81 Å². The third-order valence-electron chi connectivity index (χ3n) is 6.12. The van der Waals surface area contributed by atoms with Crippen molar-refractivity contribution in [2.45, 2.75) is 68.7 Å². The summed E-state index contributed by atoms with van der Waals surface area (Å²) in [6, 6.07) is -1.81. The zero-order valence-corrected chi connectivity index (χ0v) is 17.1. The van der Waals surface area contributed by atoms with Crippen LogP contribution in [0.25, 0.3) is 0 Å². The Kier molecular flexibility index (Phi) is 6.85. The lowest BCUT2D eigenvalue weighted by Crippen LogP contribution is -2.56. The first-order valence-electron chi connectivity index (χ1n) is 10.4. The largest absolute Gasteiger partial charge is 0.467 e. The van der Waals surface area contributed by atoms with Crippen molar-refractivity contribution in [3.05, 3.63) is 12.2 Å². The maximum atomic E-state index is 13.1. The van der Waals surface area contributed by atoms with Crippen LogP contribution in [0.3, 0.4) is 0 Å². The van der Waals surface area contributed by atoms with Crippen LogP contribution >= 0.6 is 0 Å². The predicted molar refractivity (Wildman–Crippen MR) is 107 cm³/mol. The van der Waals surface area contributed by atoms with E-state index in [0.29, 0.717) is 19.3 Å². The molecule has 1 aliphatic carbocycles. The zero-order chi connectivity index (χ0) is 21.9. The second-order valence-corrected chi connectivity index (χ2v) is 8.29. The highest BCUT2D eigenvalue weighted by molar-refractivity contribution is 6.57. The van der Waals surface area contributed by atoms with Crippen molar-refractivity contribution in [3.8, 4) is 0 Å². The summed E-state index contributed by atoms with van der Waals surface area (Å²) in [4.78, 5) is 51.3. The Hall–Kier alpha value is -2.36. The molecule has 2 aliphatic heterocycles. The first kappa shape index (κ1) is 22.3. The number of hydrogen-bond donors (Lipinski definition) is 3. The molecule has 0 aromatic heterocycles. The number of nitrogens with one attached hydrogen (secondary N) is 2. The quantitative estimate of drug-likeness (QED) is 0.324. The Morgan fingerprint density at radius 3 is 2.80 bits per heavy atom. The molecule has 2 heterocycles. The molecule has 3 N–H and O–H groups in total. The Labute approximate surface area is 177 Å². The van der Waals surface area contributed by atoms with Gasteiger partial charge < -0.3 is 25.4 Å². The van der Waals surface area contributed by atoms with E-state index in [9.17, 15) is 24.3 Å². The number of allylic oxidation sites excluding steroid dienone is 1. The van der Waals surface area contributed by atoms with Crippen molar-refractivity contribution < 1.29 is 29.0 Å². The lowest BCUT2D eigenvalue weighted by atomic mass is 10.0. The molecule has 0 bridgehead atoms. The summed E-state index contributed by atoms with van der Waals surface area (Å²) in [6.45, 7) is -0.0254. The van der Waals surface area contributed by atoms with E-state index in [-0.39, 0.29) is 18.9 Å². The molecular formula is C20H28BN3O6. The Morgan fingerprint density at radius 1 is 1.33 bits per heavy atom. The molecular weight excluding hydrogens is 389 g/mol. The van der Waals surface area contributed by atoms with Crippen molar-refractivity contribution in [1.29, 1.82) is 0 Å². The summed E-state index contributed by atoms with van der Waals surface area (Å²) in [5.74, 6) is -2.49. The van der Waals surface area contributed by atoms with Gasteiger partial charge in [0.1, 0.15) is 17.6 Å². The average molecular weight is 417 g/mol. The number of methoxy groups -OCH3 is 1. The lowest BCUT2D eigenvalue weighted by Gasteiger charge is -2.29. The minimum absolute atomic E-state index is 0.0254. The molecule has 2 radical (unpaired) electrons. The number of carbonyl (C=O) groups excluding carboxylic acids is 4. The summed E-state index contributed by atoms with van der Waals surface area (Å²) in [6.07, 6.45) is 7.18. The van der Waals surface area contributed by atoms with Gasteiger partial charge in [-0.05, 0) is 25.7 Å². The smallest absolute Gasteiger partial charge is 0.332 e. The number of ether oxygens (including phenoxy) is 1. The molecule has 0 aromatic carbocycles. The number of amides is 3. The average Bonchev–Trinajstić information content (AvgIpc) is 3.24. The first-order valence-corrected chi connectivity index (χ1v) is 10.4. The molecule has 3 aliphatic rings. The topological polar surface area (TPSA) is 125 Å². The minimum atomic E-state index is -1.14. The predicted octanol–water partition coefficient (Wildman–Crippen LogP) is -0.237. The van der Waals surface area contributed by atoms with Crippen LogP contribution in [-0.2, 0) is 19.1 Å². The molecule has 1 saturated heterocycles. The number of esters is 1. The van der Waals surface area contributed by atoms with Crippen LogP contribution in [0.15, 0.2) is 12.2 Å². The third-order valence-corrected chi connectivity index (χ3v) is 6.12. The van der Waals surface area contributed by atoms with E-state index >= 15 is 0 Å². The van der Waals surface area contributed by atoms with Gasteiger partial charge in [-0.25, -0.2) is 4.79 Å². The van der Waals surface area contributed by atoms with E-state index < -0.39 is 47.3 Å². The van der Waals surface area contributed by atoms with Gasteiger partial charge in [0.2, 0.25) is 19.7 Å². The molecule has 2 fully saturated rings. The molecule has 9 nitrogen and oxygen atoms in total. The zero-order valence-electron chi connectivity index (χ0n) is 17.1. The summed E-state index contributed by atoms with van der Waals surface area (Å²) in [5, 5.41) is 15.4. The maximum Gasteiger partial charge on any atom is 0.332 e. The van der Waals surface area contributed by atoms with Gasteiger partial charge in [0.05, 0.1) is 13.2 Å². The van der Waals surface area contributed by atoms with Crippen LogP contribution < -0.4 is 10.6 Å². The first-order chi connectivity index (χ1) is 14.3. The van der Waals surface area contributed by atoms with E-state index in [1.165, 1.54) is 12.0 Å². The summed E-state index contributed by atoms with van der Waals surface area (Å²) in [7, 11) is 6.51. The van der Waals surface area contributed by atoms with Crippen molar-refractivity contribution in [2.24, 2.45) is 5.92 Å². The highest BCUT2D eigenvalue weighted by atomic mass is 16.5. The lowest BCUT2D eigenvalue weighted by molar-refractivity contribution is -0.148. The highest BCUT2D eigenvalue weighted by Gasteiger charge is 2.62. The standard InChI is InChI=1S/C20H28BN3O6/c1-30-18(28)20-10-12(20)7-5-3-2-4-6-8-14(22-19(21)29)17(27)24-11-13(25)9-15(24)16(26)23-20/h5,7,12-15,25H,2-4,6,8-11H2,1H3,(H,22,29)(H,23,26)/b7-5-/t12-,13+,14+,15+,20-/m1/s1. The highest BCUT2D eigenvalue weighted by Crippen LogP contribution is 2.46. The van der Waals surface area contributed by atoms with Crippen LogP contribution in [0.2, 0.25) is 0 Å². The van der Waals surface area contributed by atoms with Crippen molar-refractivity contribution in [3.63, 3.8) is 0 Å². The number of hydrogen-bond acceptors (Lipinski definition) is 6. The summed E-state index contributed by atoms with van der Waals surface area (Å²) >= 11 is 0. The molecule has 1 saturated carbocycles. The van der Waals surface area contributed by atoms with E-state index in [1.54, 1.807) is 0 Å². The molecule has 162 valence electrons. The van der Waals surface area contributed by atoms with Crippen LogP contribution in [0.1, 0.15) is 44.9 Å². The van der Waals surface area contributed by atoms with Crippen molar-refractivity contribution >= 4 is 31.4 Å². The van der Waals surface area contributed by atoms with Gasteiger partial charge in [-0.15, -0.1) is 0 Å². The van der Waals surface area contributed by atoms with Gasteiger partial charge >= 0.3 is 5.97 Å². The fourth-order valence-electron chi connectivity index (χ4n) is 4.42. The Bertz CT molecular complexity index is 744. The van der Waals surface area contributed by atoms with Gasteiger partial charge in [-0.2, -0.15) is 0 Å². The van der Waals surface area contributed by atoms with E-state index in [4.69, 9.17) is 12.6 Å². The fraction of sp³-hybridized carbons (Fsp3) is 0.700. The number of aliphatic hydroxyl groups is 1. The van der Waals surface area contributed by atoms with Gasteiger partial charge in [0.25, 0.3) is 0 Å². The van der Waals surface area contributed by atoms with E-state index in [1.807, 2.05) is 12.2 Å². The molecule has 30 heavy (non-hydrogen) atoms. The molecule has 3 amide bonds. The van der Waals surface area contributed by atoms with Crippen molar-refractivity contribution in [2.75, 3.05) is 13.7 Å². The molecule has 3 rings (SSSR count). The Balaban J connectivity index is 1.87. The maximum absolute atomic E-state index is 13.1. The van der Waals surface area contributed by atoms with Crippen LogP contribution in [0.4, 0.5) is 4.79 Å². The van der Waals surface area contributed by atoms with Gasteiger partial charge in [-0.3, -0.25) is 14.4 Å². The van der Waals surface area contributed by atoms with E-state index in [2.05, 4.69) is 10.6 Å². The molecule has 0 unspecified atom stereocenters. The molecule has 0 aromatic rings. The summed E-state index contributed by atoms with van der Waals surface area (Å²) < 4.78 is 4.91. The molecule has 0 spiro atoms. The normalized spacial score (nSPS) is 35.7. The fourth-order valence-corrected chi connectivity index (χ4v) is 4.42. The number of aliphatic hydroxyl groups excluding tert-OH is 1. The van der Waals surface area contributed by atoms with Gasteiger partial charge in [-0.1, -0.05) is 25.0 Å². The van der Waals surface area contributed by atoms with Crippen LogP contribution in [0.5, 0.6) is 0 Å². The number of fused-ring (bicyclic) bond motifs is 2. The number of rotatable bonds is 2. The number of carbonyl (C=O) groups is 4. The minimum Gasteiger partial charge on any atom is -0.467 e. The second kappa shape index (κ2) is 9.20.